The summed E-state index contributed by atoms with van der Waals surface area (Å²) in [6, 6.07) is 0. The summed E-state index contributed by atoms with van der Waals surface area (Å²) < 4.78 is 10.9. The summed E-state index contributed by atoms with van der Waals surface area (Å²) in [6.07, 6.45) is 35.2. The average Bonchev–Trinajstić information content (AvgIpc) is 3.04. The van der Waals surface area contributed by atoms with Gasteiger partial charge in [0.05, 0.1) is 19.6 Å². The first-order valence-electron chi connectivity index (χ1n) is 19.6. The molecule has 47 heavy (non-hydrogen) atoms. The number of carbonyl (C=O) groups is 3. The molecule has 6 nitrogen and oxygen atoms in total. The fourth-order valence-electron chi connectivity index (χ4n) is 5.75. The Morgan fingerprint density at radius 3 is 1.13 bits per heavy atom. The zero-order chi connectivity index (χ0) is 33.9. The van der Waals surface area contributed by atoms with Gasteiger partial charge < -0.3 is 14.6 Å². The van der Waals surface area contributed by atoms with Crippen molar-refractivity contribution in [3.63, 3.8) is 0 Å². The molecule has 0 aromatic heterocycles. The van der Waals surface area contributed by atoms with E-state index in [-0.39, 0.29) is 36.0 Å². The van der Waals surface area contributed by atoms with Crippen molar-refractivity contribution in [1.29, 1.82) is 0 Å². The van der Waals surface area contributed by atoms with Crippen LogP contribution in [0, 0.1) is 0 Å². The van der Waals surface area contributed by atoms with Crippen LogP contribution in [-0.4, -0.2) is 46.7 Å². The van der Waals surface area contributed by atoms with Crippen molar-refractivity contribution in [1.82, 2.24) is 0 Å². The molecule has 0 radical (unpaired) electrons. The molecular formula is C39H74NaO6S+. The van der Waals surface area contributed by atoms with E-state index in [0.717, 1.165) is 50.3 Å². The van der Waals surface area contributed by atoms with Crippen molar-refractivity contribution in [3.8, 4) is 0 Å². The van der Waals surface area contributed by atoms with Gasteiger partial charge in [0.25, 0.3) is 0 Å². The third-order valence-electron chi connectivity index (χ3n) is 8.83. The number of carboxylic acids is 1. The number of hydrogen-bond donors (Lipinski definition) is 1. The average molecular weight is 694 g/mol. The molecule has 0 amide bonds. The van der Waals surface area contributed by atoms with Crippen LogP contribution in [0.15, 0.2) is 0 Å². The molecule has 0 aromatic carbocycles. The molecule has 1 N–H and O–H groups in total. The minimum Gasteiger partial charge on any atom is -0.480 e. The van der Waals surface area contributed by atoms with E-state index in [1.807, 2.05) is 0 Å². The second-order valence-electron chi connectivity index (χ2n) is 13.4. The van der Waals surface area contributed by atoms with E-state index in [2.05, 4.69) is 13.8 Å². The van der Waals surface area contributed by atoms with E-state index in [1.165, 1.54) is 148 Å². The first kappa shape index (κ1) is 48.9. The van der Waals surface area contributed by atoms with Crippen LogP contribution in [0.25, 0.3) is 0 Å². The van der Waals surface area contributed by atoms with Gasteiger partial charge in [-0.1, -0.05) is 181 Å². The number of ether oxygens (including phenoxy) is 2. The van der Waals surface area contributed by atoms with E-state index in [0.29, 0.717) is 13.2 Å². The first-order valence-corrected chi connectivity index (χ1v) is 20.6. The van der Waals surface area contributed by atoms with Gasteiger partial charge >= 0.3 is 47.5 Å². The van der Waals surface area contributed by atoms with Crippen molar-refractivity contribution >= 4 is 29.7 Å². The number of hydrogen-bond acceptors (Lipinski definition) is 6. The zero-order valence-electron chi connectivity index (χ0n) is 31.5. The Hall–Kier alpha value is -0.240. The van der Waals surface area contributed by atoms with Gasteiger partial charge in [0.2, 0.25) is 0 Å². The Morgan fingerprint density at radius 1 is 0.511 bits per heavy atom. The number of unbranched alkanes of at least 4 members (excludes halogenated alkanes) is 26. The molecule has 0 spiro atoms. The fourth-order valence-corrected chi connectivity index (χ4v) is 6.77. The largest absolute Gasteiger partial charge is 1.00 e. The van der Waals surface area contributed by atoms with Crippen molar-refractivity contribution in [3.05, 3.63) is 0 Å². The predicted octanol–water partition coefficient (Wildman–Crippen LogP) is 9.00. The molecule has 0 bridgehead atoms. The van der Waals surface area contributed by atoms with E-state index in [9.17, 15) is 19.5 Å². The molecule has 0 aliphatic carbocycles. The van der Waals surface area contributed by atoms with Gasteiger partial charge in [-0.3, -0.25) is 14.4 Å². The molecule has 8 heteroatoms. The number of aliphatic carboxylic acids is 1. The maximum atomic E-state index is 12.7. The van der Waals surface area contributed by atoms with Gasteiger partial charge in [0, 0.05) is 0 Å². The molecule has 0 fully saturated rings. The van der Waals surface area contributed by atoms with Crippen molar-refractivity contribution in [2.45, 2.75) is 217 Å². The monoisotopic (exact) mass is 694 g/mol. The maximum absolute atomic E-state index is 12.7. The molecule has 0 aromatic rings. The molecule has 0 rings (SSSR count). The standard InChI is InChI=1S/C39H74O6S.Na/c1-4-6-8-10-12-14-16-18-20-22-24-26-28-30-32-44-37(40)34-36(46-35(3)38(41)42)39(43)45-33-31-29-27-25-23-21-19-17-15-13-11-9-7-5-2;/h35-36H,4-34H2,1-3H3,(H,41,42);/q;+1. The Balaban J connectivity index is 0. The summed E-state index contributed by atoms with van der Waals surface area (Å²) in [6.45, 7) is 6.70. The summed E-state index contributed by atoms with van der Waals surface area (Å²) in [5.41, 5.74) is 0. The van der Waals surface area contributed by atoms with E-state index >= 15 is 0 Å². The van der Waals surface area contributed by atoms with Crippen LogP contribution in [0.2, 0.25) is 0 Å². The van der Waals surface area contributed by atoms with Gasteiger partial charge in [0.15, 0.2) is 0 Å². The molecule has 0 aliphatic heterocycles. The van der Waals surface area contributed by atoms with Crippen molar-refractivity contribution < 1.29 is 58.5 Å². The summed E-state index contributed by atoms with van der Waals surface area (Å²) in [5.74, 6) is -1.98. The van der Waals surface area contributed by atoms with Crippen LogP contribution >= 0.6 is 11.8 Å². The normalized spacial score (nSPS) is 12.3. The summed E-state index contributed by atoms with van der Waals surface area (Å²) >= 11 is 0.966. The van der Waals surface area contributed by atoms with Gasteiger partial charge in [-0.15, -0.1) is 11.8 Å². The molecule has 0 aliphatic rings. The fraction of sp³-hybridized carbons (Fsp3) is 0.923. The molecule has 2 unspecified atom stereocenters. The second-order valence-corrected chi connectivity index (χ2v) is 14.9. The van der Waals surface area contributed by atoms with Gasteiger partial charge in [-0.25, -0.2) is 0 Å². The first-order chi connectivity index (χ1) is 22.4. The Morgan fingerprint density at radius 2 is 0.809 bits per heavy atom. The van der Waals surface area contributed by atoms with Crippen LogP contribution in [0.4, 0.5) is 0 Å². The van der Waals surface area contributed by atoms with Crippen LogP contribution in [0.1, 0.15) is 207 Å². The van der Waals surface area contributed by atoms with E-state index < -0.39 is 28.4 Å². The number of carboxylic acid groups (broad SMARTS) is 1. The van der Waals surface area contributed by atoms with Crippen LogP contribution in [0.3, 0.4) is 0 Å². The molecular weight excluding hydrogens is 619 g/mol. The topological polar surface area (TPSA) is 89.9 Å². The molecule has 272 valence electrons. The van der Waals surface area contributed by atoms with Crippen LogP contribution in [0.5, 0.6) is 0 Å². The number of rotatable bonds is 36. The minimum absolute atomic E-state index is 0. The Kier molecular flexibility index (Phi) is 40.1. The van der Waals surface area contributed by atoms with Crippen LogP contribution < -0.4 is 29.6 Å². The molecule has 0 saturated heterocycles. The number of carbonyl (C=O) groups excluding carboxylic acids is 2. The number of thioether (sulfide) groups is 1. The Labute approximate surface area is 317 Å². The van der Waals surface area contributed by atoms with Gasteiger partial charge in [-0.2, -0.15) is 0 Å². The van der Waals surface area contributed by atoms with E-state index in [1.54, 1.807) is 0 Å². The molecule has 2 atom stereocenters. The molecule has 0 heterocycles. The summed E-state index contributed by atoms with van der Waals surface area (Å²) in [4.78, 5) is 36.6. The third-order valence-corrected chi connectivity index (χ3v) is 10.1. The second kappa shape index (κ2) is 38.6. The zero-order valence-corrected chi connectivity index (χ0v) is 34.3. The SMILES string of the molecule is CCCCCCCCCCCCCCCCOC(=O)CC(SC(C)C(=O)O)C(=O)OCCCCCCCCCCCCCCCC.[Na+]. The predicted molar refractivity (Wildman–Crippen MR) is 196 cm³/mol. The smallest absolute Gasteiger partial charge is 0.480 e. The quantitative estimate of drug-likeness (QED) is 0.0398. The molecule has 0 saturated carbocycles. The third kappa shape index (κ3) is 35.4. The minimum atomic E-state index is -1.01. The Bertz CT molecular complexity index is 707. The van der Waals surface area contributed by atoms with Gasteiger partial charge in [0.1, 0.15) is 10.5 Å². The van der Waals surface area contributed by atoms with Crippen molar-refractivity contribution in [2.75, 3.05) is 13.2 Å². The summed E-state index contributed by atoms with van der Waals surface area (Å²) in [7, 11) is 0. The maximum Gasteiger partial charge on any atom is 1.00 e. The number of esters is 2. The van der Waals surface area contributed by atoms with Crippen molar-refractivity contribution in [2.24, 2.45) is 0 Å². The van der Waals surface area contributed by atoms with Gasteiger partial charge in [-0.05, 0) is 19.8 Å². The van der Waals surface area contributed by atoms with E-state index in [4.69, 9.17) is 9.47 Å². The van der Waals surface area contributed by atoms with Crippen LogP contribution in [-0.2, 0) is 23.9 Å². The summed E-state index contributed by atoms with van der Waals surface area (Å²) in [5, 5.41) is 7.66.